The van der Waals surface area contributed by atoms with Crippen LogP contribution in [0.4, 0.5) is 10.8 Å². The minimum absolute atomic E-state index is 0.0564. The van der Waals surface area contributed by atoms with Gasteiger partial charge in [-0.15, -0.1) is 11.3 Å². The number of amides is 1. The Hall–Kier alpha value is -3.79. The van der Waals surface area contributed by atoms with Gasteiger partial charge in [-0.1, -0.05) is 12.1 Å². The third-order valence-corrected chi connectivity index (χ3v) is 6.32. The molecule has 9 nitrogen and oxygen atoms in total. The first-order valence-corrected chi connectivity index (χ1v) is 11.0. The Morgan fingerprint density at radius 2 is 2.00 bits per heavy atom. The fraction of sp³-hybridized carbons (Fsp3) is 0.227. The molecule has 0 fully saturated rings. The maximum atomic E-state index is 12.5. The van der Waals surface area contributed by atoms with Crippen LogP contribution in [0.2, 0.25) is 0 Å². The number of carbonyl (C=O) groups is 1. The molecular formula is C22H18N4O5S. The highest BCUT2D eigenvalue weighted by atomic mass is 32.1. The lowest BCUT2D eigenvalue weighted by Gasteiger charge is -2.16. The average molecular weight is 450 g/mol. The van der Waals surface area contributed by atoms with Crippen LogP contribution in [0.3, 0.4) is 0 Å². The van der Waals surface area contributed by atoms with E-state index in [0.717, 1.165) is 34.7 Å². The number of carbonyl (C=O) groups excluding carboxylic acids is 1. The first-order chi connectivity index (χ1) is 15.5. The van der Waals surface area contributed by atoms with E-state index in [2.05, 4.69) is 28.5 Å². The number of nitro groups is 1. The van der Waals surface area contributed by atoms with Gasteiger partial charge in [0.05, 0.1) is 22.2 Å². The first-order valence-electron chi connectivity index (χ1n) is 10.1. The van der Waals surface area contributed by atoms with Gasteiger partial charge in [-0.2, -0.15) is 0 Å². The van der Waals surface area contributed by atoms with Crippen molar-refractivity contribution in [1.82, 2.24) is 9.55 Å². The van der Waals surface area contributed by atoms with Crippen LogP contribution in [0.25, 0.3) is 22.4 Å². The van der Waals surface area contributed by atoms with Gasteiger partial charge in [-0.05, 0) is 48.9 Å². The number of hydrogen-bond donors (Lipinski definition) is 1. The van der Waals surface area contributed by atoms with Crippen LogP contribution in [0, 0.1) is 10.1 Å². The van der Waals surface area contributed by atoms with Gasteiger partial charge in [0.1, 0.15) is 6.54 Å². The van der Waals surface area contributed by atoms with Crippen LogP contribution >= 0.6 is 11.3 Å². The van der Waals surface area contributed by atoms with Crippen molar-refractivity contribution in [2.24, 2.45) is 0 Å². The quantitative estimate of drug-likeness (QED) is 0.360. The van der Waals surface area contributed by atoms with Crippen LogP contribution in [0.5, 0.6) is 0 Å². The van der Waals surface area contributed by atoms with Crippen molar-refractivity contribution in [2.45, 2.75) is 32.2 Å². The Morgan fingerprint density at radius 3 is 2.81 bits per heavy atom. The fourth-order valence-electron chi connectivity index (χ4n) is 3.98. The lowest BCUT2D eigenvalue weighted by molar-refractivity contribution is -0.384. The lowest BCUT2D eigenvalue weighted by atomic mass is 9.90. The molecule has 0 aliphatic heterocycles. The largest absolute Gasteiger partial charge is 0.420 e. The maximum Gasteiger partial charge on any atom is 0.420 e. The van der Waals surface area contributed by atoms with Gasteiger partial charge in [-0.25, -0.2) is 9.78 Å². The van der Waals surface area contributed by atoms with Crippen molar-refractivity contribution in [2.75, 3.05) is 5.32 Å². The van der Waals surface area contributed by atoms with Crippen molar-refractivity contribution in [3.8, 4) is 11.3 Å². The number of non-ortho nitro benzene ring substituents is 1. The summed E-state index contributed by atoms with van der Waals surface area (Å²) in [7, 11) is 0. The summed E-state index contributed by atoms with van der Waals surface area (Å²) < 4.78 is 6.19. The zero-order valence-corrected chi connectivity index (χ0v) is 17.7. The molecule has 0 atom stereocenters. The number of benzene rings is 2. The SMILES string of the molecule is O=C(Cn1c(=O)oc2cc([N+](=O)[O-])ccc21)Nc1nc(-c2ccc3c(c2)CCCC3)cs1. The van der Waals surface area contributed by atoms with E-state index >= 15 is 0 Å². The van der Waals surface area contributed by atoms with E-state index in [1.807, 2.05) is 5.38 Å². The van der Waals surface area contributed by atoms with Crippen molar-refractivity contribution in [3.05, 3.63) is 73.6 Å². The second kappa shape index (κ2) is 8.04. The van der Waals surface area contributed by atoms with E-state index in [0.29, 0.717) is 10.6 Å². The van der Waals surface area contributed by atoms with Crippen LogP contribution in [-0.2, 0) is 24.2 Å². The number of aromatic nitrogens is 2. The van der Waals surface area contributed by atoms with Crippen LogP contribution in [0.1, 0.15) is 24.0 Å². The number of fused-ring (bicyclic) bond motifs is 2. The van der Waals surface area contributed by atoms with E-state index < -0.39 is 16.6 Å². The predicted octanol–water partition coefficient (Wildman–Crippen LogP) is 4.14. The Kier molecular flexibility index (Phi) is 5.06. The van der Waals surface area contributed by atoms with Gasteiger partial charge in [0, 0.05) is 17.0 Å². The number of oxazole rings is 1. The van der Waals surface area contributed by atoms with Crippen molar-refractivity contribution >= 4 is 39.2 Å². The Bertz CT molecular complexity index is 1420. The molecule has 0 saturated heterocycles. The molecule has 10 heteroatoms. The molecule has 2 aromatic carbocycles. The van der Waals surface area contributed by atoms with Crippen molar-refractivity contribution in [3.63, 3.8) is 0 Å². The Labute approximate surface area is 185 Å². The highest BCUT2D eigenvalue weighted by molar-refractivity contribution is 7.14. The van der Waals surface area contributed by atoms with Gasteiger partial charge in [0.25, 0.3) is 5.69 Å². The molecule has 32 heavy (non-hydrogen) atoms. The minimum atomic E-state index is -0.760. The highest BCUT2D eigenvalue weighted by Crippen LogP contribution is 2.29. The van der Waals surface area contributed by atoms with Crippen LogP contribution in [0.15, 0.2) is 51.0 Å². The molecule has 4 aromatic rings. The van der Waals surface area contributed by atoms with Crippen LogP contribution in [-0.4, -0.2) is 20.4 Å². The zero-order chi connectivity index (χ0) is 22.2. The molecule has 1 N–H and O–H groups in total. The molecule has 0 spiro atoms. The summed E-state index contributed by atoms with van der Waals surface area (Å²) in [5, 5.41) is 15.9. The van der Waals surface area contributed by atoms with E-state index in [9.17, 15) is 19.7 Å². The van der Waals surface area contributed by atoms with Gasteiger partial charge in [-0.3, -0.25) is 19.5 Å². The second-order valence-electron chi connectivity index (χ2n) is 7.64. The third-order valence-electron chi connectivity index (χ3n) is 5.56. The number of aryl methyl sites for hydroxylation is 2. The molecule has 1 amide bonds. The summed E-state index contributed by atoms with van der Waals surface area (Å²) >= 11 is 1.31. The molecule has 0 bridgehead atoms. The molecule has 1 aliphatic carbocycles. The van der Waals surface area contributed by atoms with E-state index in [4.69, 9.17) is 4.42 Å². The monoisotopic (exact) mass is 450 g/mol. The molecule has 2 aromatic heterocycles. The highest BCUT2D eigenvalue weighted by Gasteiger charge is 2.17. The molecule has 1 aliphatic rings. The molecular weight excluding hydrogens is 432 g/mol. The number of nitro benzene ring substituents is 1. The number of nitrogens with one attached hydrogen (secondary N) is 1. The normalized spacial score (nSPS) is 13.1. The first kappa shape index (κ1) is 20.1. The summed E-state index contributed by atoms with van der Waals surface area (Å²) in [6.07, 6.45) is 4.62. The average Bonchev–Trinajstić information content (AvgIpc) is 3.37. The Balaban J connectivity index is 1.32. The van der Waals surface area contributed by atoms with Crippen LogP contribution < -0.4 is 11.1 Å². The lowest BCUT2D eigenvalue weighted by Crippen LogP contribution is -2.24. The standard InChI is InChI=1S/C22H18N4O5S/c27-20(11-25-18-8-7-16(26(29)30)10-19(18)31-22(25)28)24-21-23-17(12-32-21)15-6-5-13-3-1-2-4-14(13)9-15/h5-10,12H,1-4,11H2,(H,23,24,27). The Morgan fingerprint density at radius 1 is 1.19 bits per heavy atom. The van der Waals surface area contributed by atoms with Crippen molar-refractivity contribution in [1.29, 1.82) is 0 Å². The van der Waals surface area contributed by atoms with Gasteiger partial charge in [0.15, 0.2) is 10.7 Å². The minimum Gasteiger partial charge on any atom is -0.407 e. The molecule has 162 valence electrons. The predicted molar refractivity (Wildman–Crippen MR) is 120 cm³/mol. The summed E-state index contributed by atoms with van der Waals surface area (Å²) in [5.74, 6) is -1.20. The maximum absolute atomic E-state index is 12.5. The van der Waals surface area contributed by atoms with E-state index in [1.165, 1.54) is 47.4 Å². The second-order valence-corrected chi connectivity index (χ2v) is 8.50. The number of hydrogen-bond acceptors (Lipinski definition) is 7. The summed E-state index contributed by atoms with van der Waals surface area (Å²) in [6.45, 7) is -0.294. The van der Waals surface area contributed by atoms with Gasteiger partial charge < -0.3 is 9.73 Å². The zero-order valence-electron chi connectivity index (χ0n) is 16.9. The molecule has 0 saturated carbocycles. The summed E-state index contributed by atoms with van der Waals surface area (Å²) in [5.41, 5.74) is 4.73. The number of nitrogens with zero attached hydrogens (tertiary/aromatic N) is 3. The van der Waals surface area contributed by atoms with Gasteiger partial charge in [0.2, 0.25) is 5.91 Å². The smallest absolute Gasteiger partial charge is 0.407 e. The van der Waals surface area contributed by atoms with E-state index in [1.54, 1.807) is 0 Å². The third kappa shape index (κ3) is 3.80. The molecule has 0 unspecified atom stereocenters. The van der Waals surface area contributed by atoms with Crippen molar-refractivity contribution < 1.29 is 14.1 Å². The van der Waals surface area contributed by atoms with E-state index in [-0.39, 0.29) is 17.8 Å². The number of rotatable bonds is 5. The summed E-state index contributed by atoms with van der Waals surface area (Å²) in [6, 6.07) is 10.2. The fourth-order valence-corrected chi connectivity index (χ4v) is 4.71. The number of thiazole rings is 1. The van der Waals surface area contributed by atoms with Gasteiger partial charge >= 0.3 is 5.76 Å². The molecule has 5 rings (SSSR count). The molecule has 2 heterocycles. The molecule has 0 radical (unpaired) electrons. The number of anilines is 1. The topological polar surface area (TPSA) is 120 Å². The summed E-state index contributed by atoms with van der Waals surface area (Å²) in [4.78, 5) is 39.5.